The molecule has 0 unspecified atom stereocenters. The van der Waals surface area contributed by atoms with Crippen molar-refractivity contribution in [2.45, 2.75) is 40.2 Å². The first-order chi connectivity index (χ1) is 16.2. The van der Waals surface area contributed by atoms with Gasteiger partial charge in [-0.25, -0.2) is 5.43 Å². The molecule has 0 bridgehead atoms. The third-order valence-electron chi connectivity index (χ3n) is 4.74. The number of anilines is 1. The van der Waals surface area contributed by atoms with Crippen LogP contribution in [0.3, 0.4) is 0 Å². The number of rotatable bonds is 10. The van der Waals surface area contributed by atoms with Gasteiger partial charge in [0.25, 0.3) is 5.91 Å². The van der Waals surface area contributed by atoms with E-state index >= 15 is 0 Å². The monoisotopic (exact) mass is 488 g/mol. The minimum absolute atomic E-state index is 0.111. The maximum atomic E-state index is 12.3. The van der Waals surface area contributed by atoms with Crippen LogP contribution in [0.2, 0.25) is 5.02 Å². The fourth-order valence-corrected chi connectivity index (χ4v) is 2.85. The van der Waals surface area contributed by atoms with Crippen molar-refractivity contribution in [3.05, 3.63) is 52.5 Å². The van der Waals surface area contributed by atoms with Gasteiger partial charge in [-0.05, 0) is 68.7 Å². The van der Waals surface area contributed by atoms with E-state index in [2.05, 4.69) is 21.2 Å². The van der Waals surface area contributed by atoms with Crippen LogP contribution in [0.5, 0.6) is 11.5 Å². The number of hydrogen-bond acceptors (Lipinski definition) is 6. The first-order valence-corrected chi connectivity index (χ1v) is 11.2. The summed E-state index contributed by atoms with van der Waals surface area (Å²) in [5, 5.41) is 9.68. The largest absolute Gasteiger partial charge is 0.490 e. The maximum absolute atomic E-state index is 12.3. The molecule has 0 aliphatic rings. The van der Waals surface area contributed by atoms with Gasteiger partial charge in [0.2, 0.25) is 0 Å². The Labute approximate surface area is 203 Å². The number of ether oxygens (including phenoxy) is 2. The van der Waals surface area contributed by atoms with Crippen LogP contribution in [0, 0.1) is 6.92 Å². The molecule has 0 fully saturated rings. The van der Waals surface area contributed by atoms with Crippen LogP contribution in [0.25, 0.3) is 0 Å². The molecule has 0 aromatic heterocycles. The smallest absolute Gasteiger partial charge is 0.329 e. The summed E-state index contributed by atoms with van der Waals surface area (Å²) < 4.78 is 11.2. The average molecular weight is 489 g/mol. The predicted octanol–water partition coefficient (Wildman–Crippen LogP) is 3.43. The zero-order chi connectivity index (χ0) is 25.1. The summed E-state index contributed by atoms with van der Waals surface area (Å²) in [6.07, 6.45) is 2.08. The van der Waals surface area contributed by atoms with Crippen molar-refractivity contribution >= 4 is 41.2 Å². The number of hydrogen-bond donors (Lipinski definition) is 3. The van der Waals surface area contributed by atoms with E-state index in [1.165, 1.54) is 6.21 Å². The van der Waals surface area contributed by atoms with Crippen molar-refractivity contribution in [3.63, 3.8) is 0 Å². The van der Waals surface area contributed by atoms with Crippen LogP contribution in [-0.2, 0) is 14.4 Å². The lowest BCUT2D eigenvalue weighted by atomic mass is 10.2. The summed E-state index contributed by atoms with van der Waals surface area (Å²) in [5.41, 5.74) is 4.15. The number of benzene rings is 2. The molecule has 0 aliphatic carbocycles. The zero-order valence-electron chi connectivity index (χ0n) is 19.6. The molecule has 1 atom stereocenters. The van der Waals surface area contributed by atoms with Crippen LogP contribution in [0.15, 0.2) is 41.5 Å². The molecule has 9 nitrogen and oxygen atoms in total. The summed E-state index contributed by atoms with van der Waals surface area (Å²) in [5.74, 6) is -1.19. The highest BCUT2D eigenvalue weighted by molar-refractivity contribution is 6.35. The quantitative estimate of drug-likeness (QED) is 0.269. The van der Waals surface area contributed by atoms with E-state index in [0.717, 1.165) is 5.56 Å². The first-order valence-electron chi connectivity index (χ1n) is 10.8. The summed E-state index contributed by atoms with van der Waals surface area (Å²) >= 11 is 6.08. The molecule has 10 heteroatoms. The molecule has 2 rings (SSSR count). The highest BCUT2D eigenvalue weighted by Crippen LogP contribution is 2.28. The fraction of sp³-hybridized carbons (Fsp3) is 0.333. The minimum Gasteiger partial charge on any atom is -0.490 e. The van der Waals surface area contributed by atoms with Crippen LogP contribution < -0.4 is 25.5 Å². The summed E-state index contributed by atoms with van der Waals surface area (Å²) in [6, 6.07) is 10.1. The molecule has 0 spiro atoms. The highest BCUT2D eigenvalue weighted by Gasteiger charge is 2.14. The summed E-state index contributed by atoms with van der Waals surface area (Å²) in [6.45, 7) is 7.46. The Hall–Kier alpha value is -3.59. The Balaban J connectivity index is 1.98. The minimum atomic E-state index is -0.859. The molecular weight excluding hydrogens is 460 g/mol. The van der Waals surface area contributed by atoms with Crippen molar-refractivity contribution in [3.8, 4) is 11.5 Å². The van der Waals surface area contributed by atoms with Crippen LogP contribution in [-0.4, -0.2) is 43.2 Å². The second-order valence-electron chi connectivity index (χ2n) is 7.37. The van der Waals surface area contributed by atoms with Gasteiger partial charge < -0.3 is 20.1 Å². The SMILES string of the molecule is CCOc1cc(/C=N\NC(=O)C(=O)N[C@H](C)CC)ccc1OCC(=O)Nc1cccc(Cl)c1C. The van der Waals surface area contributed by atoms with Gasteiger partial charge >= 0.3 is 11.8 Å². The van der Waals surface area contributed by atoms with E-state index in [4.69, 9.17) is 21.1 Å². The number of hydrazone groups is 1. The Bertz CT molecular complexity index is 1060. The second kappa shape index (κ2) is 13.2. The van der Waals surface area contributed by atoms with E-state index < -0.39 is 11.8 Å². The lowest BCUT2D eigenvalue weighted by Gasteiger charge is -2.13. The number of nitrogens with zero attached hydrogens (tertiary/aromatic N) is 1. The Morgan fingerprint density at radius 2 is 1.85 bits per heavy atom. The van der Waals surface area contributed by atoms with Crippen molar-refractivity contribution in [2.24, 2.45) is 5.10 Å². The van der Waals surface area contributed by atoms with Gasteiger partial charge in [0.05, 0.1) is 12.8 Å². The van der Waals surface area contributed by atoms with Crippen molar-refractivity contribution < 1.29 is 23.9 Å². The molecule has 0 saturated heterocycles. The number of carbonyl (C=O) groups is 3. The molecule has 0 radical (unpaired) electrons. The second-order valence-corrected chi connectivity index (χ2v) is 7.78. The summed E-state index contributed by atoms with van der Waals surface area (Å²) in [4.78, 5) is 35.9. The van der Waals surface area contributed by atoms with E-state index in [-0.39, 0.29) is 18.6 Å². The molecule has 0 aliphatic heterocycles. The van der Waals surface area contributed by atoms with Gasteiger partial charge in [0.1, 0.15) is 0 Å². The molecular formula is C24H29ClN4O5. The van der Waals surface area contributed by atoms with Gasteiger partial charge in [-0.3, -0.25) is 14.4 Å². The highest BCUT2D eigenvalue weighted by atomic mass is 35.5. The third kappa shape index (κ3) is 8.08. The van der Waals surface area contributed by atoms with E-state index in [0.29, 0.717) is 40.8 Å². The number of carbonyl (C=O) groups excluding carboxylic acids is 3. The van der Waals surface area contributed by atoms with Crippen LogP contribution in [0.1, 0.15) is 38.3 Å². The van der Waals surface area contributed by atoms with E-state index in [9.17, 15) is 14.4 Å². The lowest BCUT2D eigenvalue weighted by Crippen LogP contribution is -2.41. The average Bonchev–Trinajstić information content (AvgIpc) is 2.81. The standard InChI is InChI=1S/C24H29ClN4O5/c1-5-15(3)27-23(31)24(32)29-26-13-17-10-11-20(21(12-17)33-6-2)34-14-22(30)28-19-9-7-8-18(25)16(19)4/h7-13,15H,5-6,14H2,1-4H3,(H,27,31)(H,28,30)(H,29,32)/b26-13-/t15-/m1/s1. The van der Waals surface area contributed by atoms with Crippen LogP contribution in [0.4, 0.5) is 5.69 Å². The maximum Gasteiger partial charge on any atom is 0.329 e. The van der Waals surface area contributed by atoms with E-state index in [1.54, 1.807) is 43.3 Å². The van der Waals surface area contributed by atoms with Crippen molar-refractivity contribution in [2.75, 3.05) is 18.5 Å². The Morgan fingerprint density at radius 1 is 1.09 bits per heavy atom. The van der Waals surface area contributed by atoms with Gasteiger partial charge in [0.15, 0.2) is 18.1 Å². The molecule has 2 aromatic rings. The zero-order valence-corrected chi connectivity index (χ0v) is 20.4. The first kappa shape index (κ1) is 26.7. The number of nitrogens with one attached hydrogen (secondary N) is 3. The molecule has 2 aromatic carbocycles. The van der Waals surface area contributed by atoms with Gasteiger partial charge in [-0.15, -0.1) is 0 Å². The van der Waals surface area contributed by atoms with E-state index in [1.807, 2.05) is 20.8 Å². The number of amides is 3. The molecule has 3 amide bonds. The molecule has 0 heterocycles. The molecule has 182 valence electrons. The Morgan fingerprint density at radius 3 is 2.56 bits per heavy atom. The molecule has 3 N–H and O–H groups in total. The lowest BCUT2D eigenvalue weighted by molar-refractivity contribution is -0.139. The fourth-order valence-electron chi connectivity index (χ4n) is 2.67. The van der Waals surface area contributed by atoms with Crippen molar-refractivity contribution in [1.29, 1.82) is 0 Å². The van der Waals surface area contributed by atoms with Gasteiger partial charge in [0, 0.05) is 16.8 Å². The summed E-state index contributed by atoms with van der Waals surface area (Å²) in [7, 11) is 0. The number of halogens is 1. The molecule has 0 saturated carbocycles. The normalized spacial score (nSPS) is 11.6. The Kier molecular flexibility index (Phi) is 10.3. The van der Waals surface area contributed by atoms with Gasteiger partial charge in [-0.2, -0.15) is 5.10 Å². The van der Waals surface area contributed by atoms with Crippen LogP contribution >= 0.6 is 11.6 Å². The van der Waals surface area contributed by atoms with Crippen molar-refractivity contribution in [1.82, 2.24) is 10.7 Å². The predicted molar refractivity (Wildman–Crippen MR) is 132 cm³/mol. The third-order valence-corrected chi connectivity index (χ3v) is 5.15. The van der Waals surface area contributed by atoms with Gasteiger partial charge in [-0.1, -0.05) is 24.6 Å². The molecule has 34 heavy (non-hydrogen) atoms. The topological polar surface area (TPSA) is 118 Å².